The third-order valence-corrected chi connectivity index (χ3v) is 4.94. The van der Waals surface area contributed by atoms with Gasteiger partial charge in [-0.3, -0.25) is 10.1 Å². The molecule has 0 radical (unpaired) electrons. The lowest BCUT2D eigenvalue weighted by molar-refractivity contribution is 0.169. The molecule has 1 fully saturated rings. The first-order valence-electron chi connectivity index (χ1n) is 9.07. The van der Waals surface area contributed by atoms with Crippen LogP contribution in [0.3, 0.4) is 0 Å². The molecular weight excluding hydrogens is 360 g/mol. The van der Waals surface area contributed by atoms with Gasteiger partial charge in [0.2, 0.25) is 11.7 Å². The first-order chi connectivity index (χ1) is 13.5. The molecule has 1 aromatic heterocycles. The Morgan fingerprint density at radius 3 is 2.79 bits per heavy atom. The monoisotopic (exact) mass is 381 g/mol. The molecule has 8 heteroatoms. The van der Waals surface area contributed by atoms with Crippen LogP contribution in [0.15, 0.2) is 53.1 Å². The Morgan fingerprint density at radius 1 is 1.25 bits per heavy atom. The Balaban J connectivity index is 1.56. The molecule has 0 saturated carbocycles. The minimum atomic E-state index is -0.461. The molecule has 2 aromatic carbocycles. The smallest absolute Gasteiger partial charge is 0.244 e. The van der Waals surface area contributed by atoms with Gasteiger partial charge < -0.3 is 20.1 Å². The third kappa shape index (κ3) is 3.90. The lowest BCUT2D eigenvalue weighted by Crippen LogP contribution is -2.24. The molecule has 0 spiro atoms. The summed E-state index contributed by atoms with van der Waals surface area (Å²) in [7, 11) is 0. The van der Waals surface area contributed by atoms with Crippen LogP contribution in [0.1, 0.15) is 29.5 Å². The fraction of sp³-hybridized carbons (Fsp3) is 0.300. The maximum absolute atomic E-state index is 11.1. The van der Waals surface area contributed by atoms with Crippen LogP contribution in [0.5, 0.6) is 0 Å². The van der Waals surface area contributed by atoms with Gasteiger partial charge in [-0.1, -0.05) is 47.1 Å². The number of anilines is 1. The lowest BCUT2D eigenvalue weighted by atomic mass is 10.1. The van der Waals surface area contributed by atoms with Crippen molar-refractivity contribution in [2.24, 2.45) is 0 Å². The summed E-state index contributed by atoms with van der Waals surface area (Å²) in [4.78, 5) is 6.59. The van der Waals surface area contributed by atoms with E-state index in [0.717, 1.165) is 5.56 Å². The highest BCUT2D eigenvalue weighted by Gasteiger charge is 2.35. The molecule has 146 valence electrons. The number of nitrogens with zero attached hydrogens (tertiary/aromatic N) is 4. The molecule has 1 aliphatic rings. The van der Waals surface area contributed by atoms with Crippen molar-refractivity contribution in [2.45, 2.75) is 32.0 Å². The summed E-state index contributed by atoms with van der Waals surface area (Å²) < 4.78 is 5.47. The largest absolute Gasteiger partial charge is 0.733 e. The van der Waals surface area contributed by atoms with Crippen LogP contribution in [0.25, 0.3) is 11.4 Å². The SMILES string of the molecule is Cc1ccc(CN2CC(O)CC2c2nc(-c3cccc(N([O-])O)c3)no2)cc1. The van der Waals surface area contributed by atoms with E-state index in [-0.39, 0.29) is 17.0 Å². The second-order valence-electron chi connectivity index (χ2n) is 7.10. The topological polar surface area (TPSA) is 109 Å². The van der Waals surface area contributed by atoms with E-state index in [9.17, 15) is 10.3 Å². The van der Waals surface area contributed by atoms with Crippen molar-refractivity contribution in [1.29, 1.82) is 0 Å². The predicted molar refractivity (Wildman–Crippen MR) is 102 cm³/mol. The summed E-state index contributed by atoms with van der Waals surface area (Å²) in [6.07, 6.45) is 0.0518. The lowest BCUT2D eigenvalue weighted by Gasteiger charge is -2.21. The number of hydrogen-bond acceptors (Lipinski definition) is 8. The summed E-state index contributed by atoms with van der Waals surface area (Å²) >= 11 is 0. The van der Waals surface area contributed by atoms with Crippen molar-refractivity contribution in [1.82, 2.24) is 15.0 Å². The van der Waals surface area contributed by atoms with E-state index >= 15 is 0 Å². The van der Waals surface area contributed by atoms with Crippen molar-refractivity contribution in [2.75, 3.05) is 11.8 Å². The van der Waals surface area contributed by atoms with Crippen LogP contribution < -0.4 is 5.23 Å². The number of rotatable bonds is 5. The molecule has 1 aliphatic heterocycles. The summed E-state index contributed by atoms with van der Waals surface area (Å²) in [6, 6.07) is 14.4. The summed E-state index contributed by atoms with van der Waals surface area (Å²) in [5.41, 5.74) is 2.99. The quantitative estimate of drug-likeness (QED) is 0.649. The molecule has 2 unspecified atom stereocenters. The Morgan fingerprint density at radius 2 is 2.04 bits per heavy atom. The fourth-order valence-corrected chi connectivity index (χ4v) is 3.49. The van der Waals surface area contributed by atoms with E-state index < -0.39 is 6.10 Å². The first kappa shape index (κ1) is 18.6. The highest BCUT2D eigenvalue weighted by molar-refractivity contribution is 5.62. The molecule has 1 saturated heterocycles. The Hall–Kier alpha value is -2.78. The van der Waals surface area contributed by atoms with Gasteiger partial charge in [-0.05, 0) is 31.0 Å². The van der Waals surface area contributed by atoms with E-state index in [2.05, 4.69) is 39.3 Å². The molecule has 2 N–H and O–H groups in total. The Kier molecular flexibility index (Phi) is 5.10. The number of β-amino-alcohol motifs (C(OH)–C–C–N with tert-alkyl or cyclic N) is 1. The van der Waals surface area contributed by atoms with Gasteiger partial charge in [0.25, 0.3) is 0 Å². The highest BCUT2D eigenvalue weighted by atomic mass is 16.8. The average Bonchev–Trinajstić information content (AvgIpc) is 3.30. The van der Waals surface area contributed by atoms with Crippen molar-refractivity contribution in [3.8, 4) is 11.4 Å². The van der Waals surface area contributed by atoms with E-state index in [1.807, 2.05) is 6.92 Å². The van der Waals surface area contributed by atoms with Crippen molar-refractivity contribution in [3.63, 3.8) is 0 Å². The van der Waals surface area contributed by atoms with Gasteiger partial charge in [0, 0.05) is 18.7 Å². The highest BCUT2D eigenvalue weighted by Crippen LogP contribution is 2.34. The van der Waals surface area contributed by atoms with Crippen LogP contribution in [0, 0.1) is 12.1 Å². The Labute approximate surface area is 162 Å². The van der Waals surface area contributed by atoms with Crippen LogP contribution >= 0.6 is 0 Å². The molecule has 8 nitrogen and oxygen atoms in total. The van der Waals surface area contributed by atoms with Crippen LogP contribution in [0.2, 0.25) is 0 Å². The molecular formula is C20H21N4O4-. The molecule has 3 aromatic rings. The minimum absolute atomic E-state index is 0.0844. The van der Waals surface area contributed by atoms with Crippen LogP contribution in [-0.2, 0) is 6.54 Å². The minimum Gasteiger partial charge on any atom is -0.733 e. The Bertz CT molecular complexity index is 941. The second-order valence-corrected chi connectivity index (χ2v) is 7.10. The molecule has 28 heavy (non-hydrogen) atoms. The summed E-state index contributed by atoms with van der Waals surface area (Å²) in [5.74, 6) is 0.752. The third-order valence-electron chi connectivity index (χ3n) is 4.94. The summed E-state index contributed by atoms with van der Waals surface area (Å²) in [5, 5.41) is 34.1. The number of benzene rings is 2. The van der Waals surface area contributed by atoms with Gasteiger partial charge in [-0.2, -0.15) is 4.98 Å². The summed E-state index contributed by atoms with van der Waals surface area (Å²) in [6.45, 7) is 3.25. The molecule has 0 aliphatic carbocycles. The van der Waals surface area contributed by atoms with Crippen molar-refractivity contribution >= 4 is 5.69 Å². The van der Waals surface area contributed by atoms with Crippen molar-refractivity contribution in [3.05, 3.63) is 70.8 Å². The number of aliphatic hydroxyl groups is 1. The number of hydrogen-bond donors (Lipinski definition) is 2. The van der Waals surface area contributed by atoms with E-state index in [0.29, 0.717) is 36.8 Å². The first-order valence-corrected chi connectivity index (χ1v) is 9.07. The van der Waals surface area contributed by atoms with Gasteiger partial charge in [0.1, 0.15) is 0 Å². The zero-order valence-electron chi connectivity index (χ0n) is 15.4. The van der Waals surface area contributed by atoms with Crippen molar-refractivity contribution < 1.29 is 14.8 Å². The maximum Gasteiger partial charge on any atom is 0.244 e. The van der Waals surface area contributed by atoms with E-state index in [1.165, 1.54) is 17.7 Å². The molecule has 4 rings (SSSR count). The van der Waals surface area contributed by atoms with Crippen LogP contribution in [-0.4, -0.2) is 38.0 Å². The van der Waals surface area contributed by atoms with Gasteiger partial charge in [0.15, 0.2) is 0 Å². The van der Waals surface area contributed by atoms with Gasteiger partial charge in [-0.25, -0.2) is 0 Å². The molecule has 0 bridgehead atoms. The zero-order valence-corrected chi connectivity index (χ0v) is 15.4. The van der Waals surface area contributed by atoms with E-state index in [1.54, 1.807) is 12.1 Å². The molecule has 0 amide bonds. The molecule has 2 heterocycles. The number of aryl methyl sites for hydroxylation is 1. The predicted octanol–water partition coefficient (Wildman–Crippen LogP) is 3.05. The number of likely N-dealkylation sites (tertiary alicyclic amines) is 1. The second kappa shape index (κ2) is 7.69. The van der Waals surface area contributed by atoms with Gasteiger partial charge in [-0.15, -0.1) is 0 Å². The standard InChI is InChI=1S/C20H21N4O4/c1-13-5-7-14(8-6-13)11-23-12-17(25)10-18(23)20-21-19(22-28-20)15-3-2-4-16(9-15)24(26)27/h2-9,17-18,25-26H,10-12H2,1H3/q-1. The van der Waals surface area contributed by atoms with Gasteiger partial charge >= 0.3 is 0 Å². The van der Waals surface area contributed by atoms with E-state index in [4.69, 9.17) is 9.73 Å². The average molecular weight is 381 g/mol. The van der Waals surface area contributed by atoms with Gasteiger partial charge in [0.05, 0.1) is 17.8 Å². The van der Waals surface area contributed by atoms with Crippen LogP contribution in [0.4, 0.5) is 5.69 Å². The molecule has 2 atom stereocenters. The number of aromatic nitrogens is 2. The zero-order chi connectivity index (χ0) is 19.7. The normalized spacial score (nSPS) is 19.9. The maximum atomic E-state index is 11.1. The fourth-order valence-electron chi connectivity index (χ4n) is 3.49. The number of aliphatic hydroxyl groups excluding tert-OH is 1.